The highest BCUT2D eigenvalue weighted by atomic mass is 79.9. The van der Waals surface area contributed by atoms with Gasteiger partial charge in [-0.25, -0.2) is 13.1 Å². The summed E-state index contributed by atoms with van der Waals surface area (Å²) in [6.07, 6.45) is 0. The molecule has 1 N–H and O–H groups in total. The summed E-state index contributed by atoms with van der Waals surface area (Å²) in [4.78, 5) is -0.0225. The van der Waals surface area contributed by atoms with Gasteiger partial charge in [0, 0.05) is 13.2 Å². The van der Waals surface area contributed by atoms with Gasteiger partial charge in [0.2, 0.25) is 10.0 Å². The number of sulfonamides is 1. The first-order chi connectivity index (χ1) is 7.90. The number of ether oxygens (including phenoxy) is 1. The highest BCUT2D eigenvalue weighted by Crippen LogP contribution is 2.42. The van der Waals surface area contributed by atoms with E-state index in [9.17, 15) is 8.42 Å². The van der Waals surface area contributed by atoms with E-state index < -0.39 is 10.0 Å². The average Bonchev–Trinajstić information content (AvgIpc) is 2.48. The van der Waals surface area contributed by atoms with Gasteiger partial charge >= 0.3 is 0 Å². The summed E-state index contributed by atoms with van der Waals surface area (Å²) in [5.41, 5.74) is 0. The van der Waals surface area contributed by atoms with Gasteiger partial charge in [-0.05, 0) is 22.9 Å². The molecule has 1 aromatic heterocycles. The Bertz CT molecular complexity index is 489. The maximum absolute atomic E-state index is 11.9. The Labute approximate surface area is 122 Å². The maximum atomic E-state index is 11.9. The van der Waals surface area contributed by atoms with E-state index in [1.54, 1.807) is 0 Å². The Hall–Kier alpha value is 0.630. The molecule has 0 saturated carbocycles. The van der Waals surface area contributed by atoms with Crippen LogP contribution in [0.3, 0.4) is 0 Å². The molecular formula is C8H10BrCl2NO3S2. The van der Waals surface area contributed by atoms with Gasteiger partial charge in [0.05, 0.1) is 11.1 Å². The van der Waals surface area contributed by atoms with Gasteiger partial charge in [0.25, 0.3) is 0 Å². The van der Waals surface area contributed by atoms with E-state index >= 15 is 0 Å². The Morgan fingerprint density at radius 2 is 2.06 bits per heavy atom. The molecule has 0 radical (unpaired) electrons. The van der Waals surface area contributed by atoms with Crippen LogP contribution in [0.25, 0.3) is 0 Å². The molecule has 17 heavy (non-hydrogen) atoms. The van der Waals surface area contributed by atoms with Crippen LogP contribution in [0.4, 0.5) is 0 Å². The highest BCUT2D eigenvalue weighted by Gasteiger charge is 2.25. The van der Waals surface area contributed by atoms with Crippen molar-refractivity contribution >= 4 is 60.5 Å². The lowest BCUT2D eigenvalue weighted by Gasteiger charge is -2.06. The molecule has 98 valence electrons. The predicted octanol–water partition coefficient (Wildman–Crippen LogP) is 3.13. The van der Waals surface area contributed by atoms with Crippen LogP contribution in [0, 0.1) is 0 Å². The smallest absolute Gasteiger partial charge is 0.244 e. The second-order valence-electron chi connectivity index (χ2n) is 2.89. The topological polar surface area (TPSA) is 55.4 Å². The van der Waals surface area contributed by atoms with Gasteiger partial charge < -0.3 is 4.74 Å². The Morgan fingerprint density at radius 1 is 1.41 bits per heavy atom. The molecule has 0 aromatic carbocycles. The van der Waals surface area contributed by atoms with E-state index in [0.29, 0.717) is 17.6 Å². The lowest BCUT2D eigenvalue weighted by Crippen LogP contribution is -2.27. The highest BCUT2D eigenvalue weighted by molar-refractivity contribution is 9.10. The molecule has 0 aliphatic rings. The van der Waals surface area contributed by atoms with Crippen LogP contribution < -0.4 is 4.72 Å². The molecule has 0 saturated heterocycles. The van der Waals surface area contributed by atoms with E-state index in [4.69, 9.17) is 27.9 Å². The zero-order chi connectivity index (χ0) is 13.1. The predicted molar refractivity (Wildman–Crippen MR) is 73.7 cm³/mol. The first-order valence-electron chi connectivity index (χ1n) is 4.60. The fraction of sp³-hybridized carbons (Fsp3) is 0.500. The van der Waals surface area contributed by atoms with E-state index in [1.807, 2.05) is 6.92 Å². The molecule has 1 heterocycles. The molecule has 0 fully saturated rings. The first kappa shape index (κ1) is 15.7. The monoisotopic (exact) mass is 381 g/mol. The fourth-order valence-electron chi connectivity index (χ4n) is 1.03. The Morgan fingerprint density at radius 3 is 2.53 bits per heavy atom. The minimum atomic E-state index is -3.66. The van der Waals surface area contributed by atoms with Crippen LogP contribution in [0.15, 0.2) is 9.37 Å². The molecule has 4 nitrogen and oxygen atoms in total. The molecule has 9 heteroatoms. The van der Waals surface area contributed by atoms with Gasteiger partial charge in [0.1, 0.15) is 13.6 Å². The summed E-state index contributed by atoms with van der Waals surface area (Å²) in [6.45, 7) is 2.87. The largest absolute Gasteiger partial charge is 0.380 e. The van der Waals surface area contributed by atoms with Gasteiger partial charge in [-0.15, -0.1) is 11.3 Å². The molecule has 0 atom stereocenters. The van der Waals surface area contributed by atoms with Crippen LogP contribution >= 0.6 is 50.5 Å². The molecule has 0 amide bonds. The molecule has 0 aliphatic carbocycles. The zero-order valence-electron chi connectivity index (χ0n) is 8.80. The minimum Gasteiger partial charge on any atom is -0.380 e. The van der Waals surface area contributed by atoms with Crippen molar-refractivity contribution in [3.05, 3.63) is 13.1 Å². The van der Waals surface area contributed by atoms with Crippen molar-refractivity contribution in [3.8, 4) is 0 Å². The number of rotatable bonds is 6. The van der Waals surface area contributed by atoms with E-state index in [2.05, 4.69) is 20.7 Å². The van der Waals surface area contributed by atoms with E-state index in [0.717, 1.165) is 11.3 Å². The quantitative estimate of drug-likeness (QED) is 0.769. The third kappa shape index (κ3) is 4.05. The summed E-state index contributed by atoms with van der Waals surface area (Å²) < 4.78 is 32.0. The summed E-state index contributed by atoms with van der Waals surface area (Å²) in [5, 5.41) is 0. The summed E-state index contributed by atoms with van der Waals surface area (Å²) in [6, 6.07) is 0. The molecule has 0 aliphatic heterocycles. The van der Waals surface area contributed by atoms with Crippen molar-refractivity contribution in [2.75, 3.05) is 19.8 Å². The molecule has 0 bridgehead atoms. The Kier molecular flexibility index (Phi) is 6.18. The zero-order valence-corrected chi connectivity index (χ0v) is 13.5. The van der Waals surface area contributed by atoms with Crippen LogP contribution in [-0.2, 0) is 14.8 Å². The van der Waals surface area contributed by atoms with Gasteiger partial charge in [-0.3, -0.25) is 0 Å². The standard InChI is InChI=1S/C8H10BrCl2NO3S2/c1-2-15-4-3-12-17(13,14)6-5(9)7(10)16-8(6)11/h12H,2-4H2,1H3. The van der Waals surface area contributed by atoms with Crippen molar-refractivity contribution < 1.29 is 13.2 Å². The van der Waals surface area contributed by atoms with Crippen LogP contribution in [-0.4, -0.2) is 28.2 Å². The molecule has 0 spiro atoms. The third-order valence-corrected chi connectivity index (χ3v) is 6.67. The summed E-state index contributed by atoms with van der Waals surface area (Å²) >= 11 is 15.7. The van der Waals surface area contributed by atoms with Crippen molar-refractivity contribution in [3.63, 3.8) is 0 Å². The van der Waals surface area contributed by atoms with Crippen molar-refractivity contribution in [2.24, 2.45) is 0 Å². The van der Waals surface area contributed by atoms with E-state index in [1.165, 1.54) is 0 Å². The molecular weight excluding hydrogens is 373 g/mol. The lowest BCUT2D eigenvalue weighted by molar-refractivity contribution is 0.153. The lowest BCUT2D eigenvalue weighted by atomic mass is 10.7. The van der Waals surface area contributed by atoms with Gasteiger partial charge in [-0.1, -0.05) is 23.2 Å². The van der Waals surface area contributed by atoms with Crippen LogP contribution in [0.2, 0.25) is 8.67 Å². The fourth-order valence-corrected chi connectivity index (χ4v) is 5.60. The first-order valence-corrected chi connectivity index (χ1v) is 8.45. The number of halogens is 3. The normalized spacial score (nSPS) is 12.0. The van der Waals surface area contributed by atoms with Crippen molar-refractivity contribution in [1.29, 1.82) is 0 Å². The SMILES string of the molecule is CCOCCNS(=O)(=O)c1c(Cl)sc(Cl)c1Br. The maximum Gasteiger partial charge on any atom is 0.244 e. The number of nitrogens with one attached hydrogen (secondary N) is 1. The number of thiophene rings is 1. The second kappa shape index (κ2) is 6.70. The van der Waals surface area contributed by atoms with Crippen molar-refractivity contribution in [2.45, 2.75) is 11.8 Å². The van der Waals surface area contributed by atoms with Crippen LogP contribution in [0.5, 0.6) is 0 Å². The Balaban J connectivity index is 2.83. The average molecular weight is 383 g/mol. The van der Waals surface area contributed by atoms with Crippen molar-refractivity contribution in [1.82, 2.24) is 4.72 Å². The number of hydrogen-bond donors (Lipinski definition) is 1. The summed E-state index contributed by atoms with van der Waals surface area (Å²) in [7, 11) is -3.66. The van der Waals surface area contributed by atoms with Gasteiger partial charge in [-0.2, -0.15) is 0 Å². The number of hydrogen-bond acceptors (Lipinski definition) is 4. The minimum absolute atomic E-state index is 0.0225. The van der Waals surface area contributed by atoms with Crippen LogP contribution in [0.1, 0.15) is 6.92 Å². The molecule has 1 rings (SSSR count). The van der Waals surface area contributed by atoms with E-state index in [-0.39, 0.29) is 20.2 Å². The summed E-state index contributed by atoms with van der Waals surface area (Å²) in [5.74, 6) is 0. The second-order valence-corrected chi connectivity index (χ2v) is 7.61. The molecule has 0 unspecified atom stereocenters. The molecule has 1 aromatic rings. The third-order valence-electron chi connectivity index (χ3n) is 1.74. The van der Waals surface area contributed by atoms with Gasteiger partial charge in [0.15, 0.2) is 0 Å².